The first-order chi connectivity index (χ1) is 5.36. The Labute approximate surface area is 81.4 Å². The predicted molar refractivity (Wildman–Crippen MR) is 51.7 cm³/mol. The van der Waals surface area contributed by atoms with Gasteiger partial charge in [-0.3, -0.25) is 0 Å². The number of β-amino-alcohol motifs (C(OH)–C–C–N with tert-alkyl or cyclic N) is 1. The van der Waals surface area contributed by atoms with Crippen LogP contribution in [0, 0.1) is 0 Å². The second kappa shape index (κ2) is 5.29. The Hall–Kier alpha value is 0.610. The maximum absolute atomic E-state index is 8.67. The number of aliphatic hydroxyl groups excluding tert-OH is 1. The van der Waals surface area contributed by atoms with E-state index in [1.807, 2.05) is 23.0 Å². The number of aliphatic hydroxyl groups is 1. The number of piperidine rings is 1. The first kappa shape index (κ1) is 9.70. The molecule has 1 aliphatic rings. The van der Waals surface area contributed by atoms with Crippen LogP contribution in [0.1, 0.15) is 12.8 Å². The lowest BCUT2D eigenvalue weighted by molar-refractivity contribution is 0.114. The molecule has 1 rings (SSSR count). The summed E-state index contributed by atoms with van der Waals surface area (Å²) < 4.78 is 5.20. The minimum atomic E-state index is 0.274. The summed E-state index contributed by atoms with van der Waals surface area (Å²) >= 11 is 1.97. The molecule has 0 spiro atoms. The zero-order chi connectivity index (χ0) is 8.10. The number of hydrogen-bond donors (Lipinski definition) is 1. The SMILES string of the molecule is OCCN1CCC(OI)CC1. The Bertz CT molecular complexity index is 105. The monoisotopic (exact) mass is 271 g/mol. The second-order valence-electron chi connectivity index (χ2n) is 2.85. The van der Waals surface area contributed by atoms with Crippen LogP contribution in [-0.4, -0.2) is 42.4 Å². The number of halogens is 1. The Morgan fingerprint density at radius 1 is 1.45 bits per heavy atom. The quantitative estimate of drug-likeness (QED) is 0.771. The van der Waals surface area contributed by atoms with Crippen LogP contribution in [0.15, 0.2) is 0 Å². The summed E-state index contributed by atoms with van der Waals surface area (Å²) in [4.78, 5) is 2.27. The lowest BCUT2D eigenvalue weighted by atomic mass is 10.1. The average Bonchev–Trinajstić information content (AvgIpc) is 2.07. The van der Waals surface area contributed by atoms with Crippen molar-refractivity contribution in [2.75, 3.05) is 26.2 Å². The predicted octanol–water partition coefficient (Wildman–Crippen LogP) is 0.810. The van der Waals surface area contributed by atoms with Gasteiger partial charge in [0.25, 0.3) is 0 Å². The maximum Gasteiger partial charge on any atom is 0.110 e. The molecule has 0 unspecified atom stereocenters. The summed E-state index contributed by atoms with van der Waals surface area (Å²) in [5.41, 5.74) is 0. The van der Waals surface area contributed by atoms with Crippen molar-refractivity contribution in [1.82, 2.24) is 4.90 Å². The highest BCUT2D eigenvalue weighted by Crippen LogP contribution is 2.15. The maximum atomic E-state index is 8.67. The van der Waals surface area contributed by atoms with Gasteiger partial charge in [0.1, 0.15) is 23.0 Å². The van der Waals surface area contributed by atoms with Gasteiger partial charge < -0.3 is 13.1 Å². The summed E-state index contributed by atoms with van der Waals surface area (Å²) in [6.07, 6.45) is 2.64. The molecular formula is C7H14INO2. The van der Waals surface area contributed by atoms with Crippen molar-refractivity contribution in [1.29, 1.82) is 0 Å². The normalized spacial score (nSPS) is 22.4. The van der Waals surface area contributed by atoms with Crippen LogP contribution >= 0.6 is 23.0 Å². The van der Waals surface area contributed by atoms with Crippen molar-refractivity contribution in [2.45, 2.75) is 18.9 Å². The van der Waals surface area contributed by atoms with Crippen LogP contribution in [-0.2, 0) is 3.07 Å². The highest BCUT2D eigenvalue weighted by molar-refractivity contribution is 14.1. The van der Waals surface area contributed by atoms with Crippen molar-refractivity contribution < 1.29 is 8.17 Å². The zero-order valence-corrected chi connectivity index (χ0v) is 8.66. The van der Waals surface area contributed by atoms with Gasteiger partial charge in [0.05, 0.1) is 12.7 Å². The molecule has 1 fully saturated rings. The smallest absolute Gasteiger partial charge is 0.110 e. The molecule has 66 valence electrons. The molecule has 11 heavy (non-hydrogen) atoms. The molecule has 0 aromatic rings. The molecule has 1 saturated heterocycles. The van der Waals surface area contributed by atoms with Gasteiger partial charge in [-0.05, 0) is 12.8 Å². The largest absolute Gasteiger partial charge is 0.395 e. The summed E-state index contributed by atoms with van der Waals surface area (Å²) in [5, 5.41) is 8.67. The third kappa shape index (κ3) is 3.23. The van der Waals surface area contributed by atoms with E-state index in [-0.39, 0.29) is 6.61 Å². The van der Waals surface area contributed by atoms with Crippen molar-refractivity contribution in [3.05, 3.63) is 0 Å². The molecule has 0 aromatic heterocycles. The number of nitrogens with zero attached hydrogens (tertiary/aromatic N) is 1. The third-order valence-electron chi connectivity index (χ3n) is 2.08. The molecule has 3 nitrogen and oxygen atoms in total. The summed E-state index contributed by atoms with van der Waals surface area (Å²) in [6, 6.07) is 0. The van der Waals surface area contributed by atoms with Crippen molar-refractivity contribution in [2.24, 2.45) is 0 Å². The molecule has 4 heteroatoms. The van der Waals surface area contributed by atoms with E-state index in [0.717, 1.165) is 32.5 Å². The Morgan fingerprint density at radius 2 is 2.09 bits per heavy atom. The number of hydrogen-bond acceptors (Lipinski definition) is 3. The lowest BCUT2D eigenvalue weighted by Crippen LogP contribution is -2.37. The van der Waals surface area contributed by atoms with Gasteiger partial charge in [0, 0.05) is 19.6 Å². The molecule has 0 saturated carbocycles. The molecule has 0 atom stereocenters. The molecule has 1 N–H and O–H groups in total. The molecular weight excluding hydrogens is 257 g/mol. The molecule has 0 amide bonds. The minimum absolute atomic E-state index is 0.274. The molecule has 0 aromatic carbocycles. The van der Waals surface area contributed by atoms with E-state index in [1.54, 1.807) is 0 Å². The Morgan fingerprint density at radius 3 is 2.55 bits per heavy atom. The van der Waals surface area contributed by atoms with Gasteiger partial charge in [-0.25, -0.2) is 0 Å². The fourth-order valence-corrected chi connectivity index (χ4v) is 1.87. The first-order valence-electron chi connectivity index (χ1n) is 3.97. The van der Waals surface area contributed by atoms with Crippen LogP contribution in [0.5, 0.6) is 0 Å². The van der Waals surface area contributed by atoms with E-state index >= 15 is 0 Å². The number of likely N-dealkylation sites (tertiary alicyclic amines) is 1. The molecule has 1 aliphatic heterocycles. The highest BCUT2D eigenvalue weighted by Gasteiger charge is 2.18. The van der Waals surface area contributed by atoms with Gasteiger partial charge in [0.2, 0.25) is 0 Å². The summed E-state index contributed by atoms with van der Waals surface area (Å²) in [6.45, 7) is 3.21. The Kier molecular flexibility index (Phi) is 4.66. The van der Waals surface area contributed by atoms with Crippen LogP contribution < -0.4 is 0 Å². The molecule has 0 aliphatic carbocycles. The summed E-state index contributed by atoms with van der Waals surface area (Å²) in [5.74, 6) is 0. The minimum Gasteiger partial charge on any atom is -0.395 e. The standard InChI is InChI=1S/C7H14INO2/c8-11-7-1-3-9(4-2-7)5-6-10/h7,10H,1-6H2. The van der Waals surface area contributed by atoms with E-state index in [2.05, 4.69) is 4.90 Å². The fraction of sp³-hybridized carbons (Fsp3) is 1.00. The van der Waals surface area contributed by atoms with Gasteiger partial charge in [-0.1, -0.05) is 0 Å². The van der Waals surface area contributed by atoms with E-state index in [0.29, 0.717) is 6.10 Å². The van der Waals surface area contributed by atoms with Crippen molar-refractivity contribution >= 4 is 23.0 Å². The van der Waals surface area contributed by atoms with Crippen LogP contribution in [0.25, 0.3) is 0 Å². The highest BCUT2D eigenvalue weighted by atomic mass is 127. The van der Waals surface area contributed by atoms with E-state index in [4.69, 9.17) is 8.17 Å². The van der Waals surface area contributed by atoms with Gasteiger partial charge in [0.15, 0.2) is 0 Å². The van der Waals surface area contributed by atoms with Crippen molar-refractivity contribution in [3.8, 4) is 0 Å². The second-order valence-corrected chi connectivity index (χ2v) is 3.36. The average molecular weight is 271 g/mol. The first-order valence-corrected chi connectivity index (χ1v) is 4.85. The molecule has 1 heterocycles. The zero-order valence-electron chi connectivity index (χ0n) is 6.50. The molecule has 0 bridgehead atoms. The van der Waals surface area contributed by atoms with Gasteiger partial charge in [-0.2, -0.15) is 0 Å². The van der Waals surface area contributed by atoms with Gasteiger partial charge in [-0.15, -0.1) is 0 Å². The van der Waals surface area contributed by atoms with Crippen LogP contribution in [0.3, 0.4) is 0 Å². The van der Waals surface area contributed by atoms with E-state index in [1.165, 1.54) is 0 Å². The fourth-order valence-electron chi connectivity index (χ4n) is 1.36. The topological polar surface area (TPSA) is 32.7 Å². The van der Waals surface area contributed by atoms with E-state index in [9.17, 15) is 0 Å². The Balaban J connectivity index is 2.14. The lowest BCUT2D eigenvalue weighted by Gasteiger charge is -2.29. The third-order valence-corrected chi connectivity index (χ3v) is 2.80. The summed E-state index contributed by atoms with van der Waals surface area (Å²) in [7, 11) is 0. The van der Waals surface area contributed by atoms with Crippen molar-refractivity contribution in [3.63, 3.8) is 0 Å². The van der Waals surface area contributed by atoms with Gasteiger partial charge >= 0.3 is 0 Å². The molecule has 0 radical (unpaired) electrons. The van der Waals surface area contributed by atoms with Crippen LogP contribution in [0.4, 0.5) is 0 Å². The van der Waals surface area contributed by atoms with Crippen LogP contribution in [0.2, 0.25) is 0 Å². The number of rotatable bonds is 3. The van der Waals surface area contributed by atoms with E-state index < -0.39 is 0 Å².